The van der Waals surface area contributed by atoms with Crippen molar-refractivity contribution < 1.29 is 14.4 Å². The number of H-pyrrole nitrogens is 1. The number of carbonyl (C=O) groups is 3. The van der Waals surface area contributed by atoms with Crippen LogP contribution in [0.2, 0.25) is 0 Å². The maximum Gasteiger partial charge on any atom is 0.294 e. The topological polar surface area (TPSA) is 73.5 Å². The fourth-order valence-corrected chi connectivity index (χ4v) is 5.05. The predicted molar refractivity (Wildman–Crippen MR) is 134 cm³/mol. The van der Waals surface area contributed by atoms with Gasteiger partial charge in [0.15, 0.2) is 5.78 Å². The second-order valence-electron chi connectivity index (χ2n) is 9.94. The minimum absolute atomic E-state index is 0.0808. The van der Waals surface area contributed by atoms with Gasteiger partial charge in [-0.05, 0) is 49.9 Å². The van der Waals surface area contributed by atoms with Crippen LogP contribution in [-0.4, -0.2) is 58.9 Å². The number of nitrogens with zero attached hydrogens (tertiary/aromatic N) is 2. The number of aromatic nitrogens is 1. The lowest BCUT2D eigenvalue weighted by atomic mass is 9.78. The number of hydrogen-bond acceptors (Lipinski definition) is 4. The molecule has 3 aromatic rings. The molecule has 1 amide bonds. The van der Waals surface area contributed by atoms with Gasteiger partial charge in [-0.3, -0.25) is 19.3 Å². The summed E-state index contributed by atoms with van der Waals surface area (Å²) in [5, 5.41) is 0.614. The summed E-state index contributed by atoms with van der Waals surface area (Å²) >= 11 is 0. The largest absolute Gasteiger partial charge is 0.360 e. The standard InChI is InChI=1S/C28H33N3O3/c1-17-7-6-8-20(11-17)16-31-15-18(2)22(12-19(31)3)26(32)21-9-10-25-23(13-21)24(14-29-25)27(33)28(34)30(4)5/h6-11,13-14,18-19,22,29H,12,15-16H2,1-5H3. The van der Waals surface area contributed by atoms with Gasteiger partial charge < -0.3 is 9.88 Å². The third-order valence-corrected chi connectivity index (χ3v) is 7.04. The number of fused-ring (bicyclic) bond motifs is 1. The van der Waals surface area contributed by atoms with Crippen LogP contribution < -0.4 is 0 Å². The fourth-order valence-electron chi connectivity index (χ4n) is 5.05. The highest BCUT2D eigenvalue weighted by Crippen LogP contribution is 2.32. The van der Waals surface area contributed by atoms with E-state index in [4.69, 9.17) is 0 Å². The molecular weight excluding hydrogens is 426 g/mol. The average Bonchev–Trinajstić information content (AvgIpc) is 3.23. The third kappa shape index (κ3) is 4.68. The summed E-state index contributed by atoms with van der Waals surface area (Å²) in [6.45, 7) is 8.20. The number of likely N-dealkylation sites (N-methyl/N-ethyl adjacent to an activating group) is 1. The molecule has 1 aliphatic heterocycles. The molecule has 0 spiro atoms. The Balaban J connectivity index is 1.53. The first-order valence-corrected chi connectivity index (χ1v) is 11.9. The van der Waals surface area contributed by atoms with Gasteiger partial charge in [-0.1, -0.05) is 36.8 Å². The van der Waals surface area contributed by atoms with Gasteiger partial charge in [-0.15, -0.1) is 0 Å². The van der Waals surface area contributed by atoms with Crippen molar-refractivity contribution in [1.82, 2.24) is 14.8 Å². The van der Waals surface area contributed by atoms with Gasteiger partial charge in [-0.2, -0.15) is 0 Å². The molecule has 0 bridgehead atoms. The monoisotopic (exact) mass is 459 g/mol. The van der Waals surface area contributed by atoms with Gasteiger partial charge in [0.25, 0.3) is 11.7 Å². The lowest BCUT2D eigenvalue weighted by Crippen LogP contribution is -2.46. The minimum atomic E-state index is -0.582. The lowest BCUT2D eigenvalue weighted by molar-refractivity contribution is -0.124. The van der Waals surface area contributed by atoms with Crippen LogP contribution in [0.25, 0.3) is 10.9 Å². The summed E-state index contributed by atoms with van der Waals surface area (Å²) in [7, 11) is 3.11. The Kier molecular flexibility index (Phi) is 6.71. The summed E-state index contributed by atoms with van der Waals surface area (Å²) < 4.78 is 0. The molecular formula is C28H33N3O3. The van der Waals surface area contributed by atoms with Crippen LogP contribution in [0.5, 0.6) is 0 Å². The Hall–Kier alpha value is -3.25. The molecule has 0 radical (unpaired) electrons. The first kappa shape index (κ1) is 23.9. The van der Waals surface area contributed by atoms with Crippen LogP contribution in [0, 0.1) is 18.8 Å². The maximum absolute atomic E-state index is 13.6. The summed E-state index contributed by atoms with van der Waals surface area (Å²) in [4.78, 5) is 45.2. The normalized spacial score (nSPS) is 20.9. The van der Waals surface area contributed by atoms with E-state index in [1.165, 1.54) is 16.0 Å². The van der Waals surface area contributed by atoms with Gasteiger partial charge in [0, 0.05) is 61.8 Å². The van der Waals surface area contributed by atoms with Crippen molar-refractivity contribution >= 4 is 28.4 Å². The minimum Gasteiger partial charge on any atom is -0.360 e. The van der Waals surface area contributed by atoms with Crippen LogP contribution in [0.3, 0.4) is 0 Å². The number of amides is 1. The summed E-state index contributed by atoms with van der Waals surface area (Å²) in [6.07, 6.45) is 2.35. The number of aryl methyl sites for hydroxylation is 1. The van der Waals surface area contributed by atoms with E-state index in [9.17, 15) is 14.4 Å². The molecule has 3 atom stereocenters. The number of nitrogens with one attached hydrogen (secondary N) is 1. The molecule has 34 heavy (non-hydrogen) atoms. The zero-order chi connectivity index (χ0) is 24.6. The van der Waals surface area contributed by atoms with Crippen LogP contribution in [-0.2, 0) is 11.3 Å². The maximum atomic E-state index is 13.6. The number of piperidine rings is 1. The van der Waals surface area contributed by atoms with Crippen molar-refractivity contribution in [2.75, 3.05) is 20.6 Å². The number of Topliss-reactive ketones (excluding diaryl/α,β-unsaturated/α-hetero) is 2. The third-order valence-electron chi connectivity index (χ3n) is 7.04. The number of ketones is 2. The van der Waals surface area contributed by atoms with E-state index < -0.39 is 11.7 Å². The number of hydrogen-bond donors (Lipinski definition) is 1. The molecule has 1 saturated heterocycles. The molecule has 3 unspecified atom stereocenters. The molecule has 1 fully saturated rings. The molecule has 1 aliphatic rings. The van der Waals surface area contributed by atoms with E-state index in [0.29, 0.717) is 16.5 Å². The fraction of sp³-hybridized carbons (Fsp3) is 0.393. The Labute approximate surface area is 200 Å². The Bertz CT molecular complexity index is 1240. The lowest BCUT2D eigenvalue weighted by Gasteiger charge is -2.41. The van der Waals surface area contributed by atoms with E-state index in [2.05, 4.69) is 54.9 Å². The second kappa shape index (κ2) is 9.55. The van der Waals surface area contributed by atoms with Crippen molar-refractivity contribution in [1.29, 1.82) is 0 Å². The Morgan fingerprint density at radius 3 is 2.56 bits per heavy atom. The molecule has 2 aromatic carbocycles. The van der Waals surface area contributed by atoms with Crippen LogP contribution in [0.15, 0.2) is 48.7 Å². The van der Waals surface area contributed by atoms with Crippen molar-refractivity contribution in [2.45, 2.75) is 39.8 Å². The van der Waals surface area contributed by atoms with Gasteiger partial charge in [0.05, 0.1) is 5.56 Å². The number of likely N-dealkylation sites (tertiary alicyclic amines) is 1. The van der Waals surface area contributed by atoms with Crippen molar-refractivity contribution in [3.8, 4) is 0 Å². The van der Waals surface area contributed by atoms with E-state index in [1.54, 1.807) is 26.4 Å². The number of benzene rings is 2. The Morgan fingerprint density at radius 2 is 1.85 bits per heavy atom. The van der Waals surface area contributed by atoms with E-state index in [0.717, 1.165) is 25.0 Å². The first-order chi connectivity index (χ1) is 16.2. The predicted octanol–water partition coefficient (Wildman–Crippen LogP) is 4.48. The molecule has 178 valence electrons. The van der Waals surface area contributed by atoms with Gasteiger partial charge in [-0.25, -0.2) is 0 Å². The van der Waals surface area contributed by atoms with E-state index in [-0.39, 0.29) is 23.7 Å². The Morgan fingerprint density at radius 1 is 1.09 bits per heavy atom. The van der Waals surface area contributed by atoms with Crippen LogP contribution in [0.1, 0.15) is 52.1 Å². The zero-order valence-corrected chi connectivity index (χ0v) is 20.6. The average molecular weight is 460 g/mol. The molecule has 0 aliphatic carbocycles. The van der Waals surface area contributed by atoms with E-state index >= 15 is 0 Å². The zero-order valence-electron chi connectivity index (χ0n) is 20.6. The molecule has 6 nitrogen and oxygen atoms in total. The first-order valence-electron chi connectivity index (χ1n) is 11.9. The highest BCUT2D eigenvalue weighted by molar-refractivity contribution is 6.44. The summed E-state index contributed by atoms with van der Waals surface area (Å²) in [5.41, 5.74) is 4.19. The van der Waals surface area contributed by atoms with Gasteiger partial charge in [0.1, 0.15) is 0 Å². The van der Waals surface area contributed by atoms with Crippen LogP contribution >= 0.6 is 0 Å². The molecule has 2 heterocycles. The summed E-state index contributed by atoms with van der Waals surface area (Å²) in [6, 6.07) is 14.3. The highest BCUT2D eigenvalue weighted by Gasteiger charge is 2.35. The molecule has 6 heteroatoms. The van der Waals surface area contributed by atoms with Crippen molar-refractivity contribution in [2.24, 2.45) is 11.8 Å². The highest BCUT2D eigenvalue weighted by atomic mass is 16.2. The quantitative estimate of drug-likeness (QED) is 0.436. The smallest absolute Gasteiger partial charge is 0.294 e. The molecule has 1 aromatic heterocycles. The summed E-state index contributed by atoms with van der Waals surface area (Å²) in [5.74, 6) is -0.919. The van der Waals surface area contributed by atoms with Crippen molar-refractivity contribution in [3.63, 3.8) is 0 Å². The second-order valence-corrected chi connectivity index (χ2v) is 9.94. The van der Waals surface area contributed by atoms with E-state index in [1.807, 2.05) is 12.1 Å². The van der Waals surface area contributed by atoms with Gasteiger partial charge in [0.2, 0.25) is 0 Å². The van der Waals surface area contributed by atoms with Crippen molar-refractivity contribution in [3.05, 3.63) is 70.9 Å². The molecule has 4 rings (SSSR count). The number of carbonyl (C=O) groups excluding carboxylic acids is 3. The SMILES string of the molecule is Cc1cccc(CN2CC(C)C(C(=O)c3ccc4[nH]cc(C(=O)C(=O)N(C)C)c4c3)CC2C)c1. The van der Waals surface area contributed by atoms with Crippen LogP contribution in [0.4, 0.5) is 0 Å². The number of aromatic amines is 1. The molecule has 1 N–H and O–H groups in total. The molecule has 0 saturated carbocycles. The number of rotatable bonds is 6. The van der Waals surface area contributed by atoms with Gasteiger partial charge >= 0.3 is 0 Å².